The summed E-state index contributed by atoms with van der Waals surface area (Å²) in [5, 5.41) is 2.41. The number of rotatable bonds is 2. The summed E-state index contributed by atoms with van der Waals surface area (Å²) < 4.78 is 9.58. The van der Waals surface area contributed by atoms with Gasteiger partial charge in [0.05, 0.1) is 0 Å². The van der Waals surface area contributed by atoms with Crippen molar-refractivity contribution in [3.63, 3.8) is 0 Å². The summed E-state index contributed by atoms with van der Waals surface area (Å²) in [5.74, 6) is -0.871. The largest absolute Gasteiger partial charge is 0.449 e. The third kappa shape index (κ3) is 1.98. The standard InChI is InChI=1S/C8H13NO4/c1-4(2)5-6(10)9-7(12-3)8(11)13-5/h4-5,7H,1-3H3,(H,9,10)/t5-,7+/m1/s1. The quantitative estimate of drug-likeness (QED) is 0.600. The lowest BCUT2D eigenvalue weighted by Crippen LogP contribution is -2.56. The normalized spacial score (nSPS) is 28.6. The van der Waals surface area contributed by atoms with Gasteiger partial charge >= 0.3 is 5.97 Å². The topological polar surface area (TPSA) is 64.6 Å². The van der Waals surface area contributed by atoms with Crippen molar-refractivity contribution in [2.24, 2.45) is 5.92 Å². The number of carbonyl (C=O) groups excluding carboxylic acids is 2. The fourth-order valence-corrected chi connectivity index (χ4v) is 1.10. The van der Waals surface area contributed by atoms with Crippen LogP contribution in [0.5, 0.6) is 0 Å². The molecule has 0 spiro atoms. The molecule has 0 unspecified atom stereocenters. The van der Waals surface area contributed by atoms with Gasteiger partial charge in [0.25, 0.3) is 5.91 Å². The van der Waals surface area contributed by atoms with E-state index >= 15 is 0 Å². The molecule has 1 fully saturated rings. The van der Waals surface area contributed by atoms with Crippen LogP contribution in [0.15, 0.2) is 0 Å². The van der Waals surface area contributed by atoms with E-state index in [-0.39, 0.29) is 11.8 Å². The van der Waals surface area contributed by atoms with E-state index < -0.39 is 18.3 Å². The molecule has 0 aromatic rings. The molecule has 1 saturated heterocycles. The first-order valence-electron chi connectivity index (χ1n) is 4.10. The third-order valence-corrected chi connectivity index (χ3v) is 1.83. The molecule has 13 heavy (non-hydrogen) atoms. The highest BCUT2D eigenvalue weighted by Gasteiger charge is 2.37. The van der Waals surface area contributed by atoms with E-state index in [4.69, 9.17) is 9.47 Å². The average molecular weight is 187 g/mol. The van der Waals surface area contributed by atoms with E-state index in [1.165, 1.54) is 7.11 Å². The summed E-state index contributed by atoms with van der Waals surface area (Å²) in [6, 6.07) is 0. The van der Waals surface area contributed by atoms with Crippen LogP contribution in [-0.4, -0.2) is 31.3 Å². The van der Waals surface area contributed by atoms with Crippen molar-refractivity contribution < 1.29 is 19.1 Å². The first-order valence-corrected chi connectivity index (χ1v) is 4.10. The zero-order valence-corrected chi connectivity index (χ0v) is 7.87. The van der Waals surface area contributed by atoms with Gasteiger partial charge in [0.2, 0.25) is 6.23 Å². The molecule has 5 heteroatoms. The molecule has 0 aliphatic carbocycles. The first-order chi connectivity index (χ1) is 6.06. The summed E-state index contributed by atoms with van der Waals surface area (Å²) in [5.41, 5.74) is 0. The van der Waals surface area contributed by atoms with Crippen molar-refractivity contribution in [3.8, 4) is 0 Å². The summed E-state index contributed by atoms with van der Waals surface area (Å²) in [6.45, 7) is 3.62. The molecule has 2 atom stereocenters. The number of methoxy groups -OCH3 is 1. The molecule has 1 aliphatic rings. The Hall–Kier alpha value is -1.10. The molecule has 0 bridgehead atoms. The Bertz CT molecular complexity index is 226. The molecule has 0 radical (unpaired) electrons. The minimum absolute atomic E-state index is 0.0262. The van der Waals surface area contributed by atoms with E-state index in [0.29, 0.717) is 0 Å². The highest BCUT2D eigenvalue weighted by Crippen LogP contribution is 2.12. The third-order valence-electron chi connectivity index (χ3n) is 1.83. The Morgan fingerprint density at radius 1 is 1.46 bits per heavy atom. The van der Waals surface area contributed by atoms with Crippen LogP contribution in [0.3, 0.4) is 0 Å². The van der Waals surface area contributed by atoms with Crippen LogP contribution in [-0.2, 0) is 19.1 Å². The van der Waals surface area contributed by atoms with E-state index in [1.807, 2.05) is 13.8 Å². The lowest BCUT2D eigenvalue weighted by Gasteiger charge is -2.29. The summed E-state index contributed by atoms with van der Waals surface area (Å²) >= 11 is 0. The first kappa shape index (κ1) is 9.98. The molecule has 0 aromatic heterocycles. The number of morpholine rings is 1. The zero-order chi connectivity index (χ0) is 10.0. The Morgan fingerprint density at radius 2 is 2.08 bits per heavy atom. The fraction of sp³-hybridized carbons (Fsp3) is 0.750. The van der Waals surface area contributed by atoms with Gasteiger partial charge in [0, 0.05) is 7.11 Å². The number of hydrogen-bond acceptors (Lipinski definition) is 4. The Labute approximate surface area is 76.4 Å². The van der Waals surface area contributed by atoms with Crippen LogP contribution >= 0.6 is 0 Å². The molecule has 1 amide bonds. The van der Waals surface area contributed by atoms with Gasteiger partial charge in [0.15, 0.2) is 6.10 Å². The van der Waals surface area contributed by atoms with Crippen LogP contribution in [0, 0.1) is 5.92 Å². The number of hydrogen-bond donors (Lipinski definition) is 1. The number of esters is 1. The Kier molecular flexibility index (Phi) is 2.87. The van der Waals surface area contributed by atoms with Gasteiger partial charge in [-0.2, -0.15) is 0 Å². The average Bonchev–Trinajstić information content (AvgIpc) is 2.07. The van der Waals surface area contributed by atoms with Crippen LogP contribution < -0.4 is 5.32 Å². The number of amides is 1. The SMILES string of the molecule is CO[C@@H]1NC(=O)[C@@H](C(C)C)OC1=O. The maximum absolute atomic E-state index is 11.3. The van der Waals surface area contributed by atoms with Crippen LogP contribution in [0.1, 0.15) is 13.8 Å². The van der Waals surface area contributed by atoms with E-state index in [2.05, 4.69) is 5.32 Å². The Balaban J connectivity index is 2.67. The van der Waals surface area contributed by atoms with E-state index in [0.717, 1.165) is 0 Å². The monoisotopic (exact) mass is 187 g/mol. The fourth-order valence-electron chi connectivity index (χ4n) is 1.10. The molecule has 1 heterocycles. The Morgan fingerprint density at radius 3 is 2.54 bits per heavy atom. The van der Waals surface area contributed by atoms with Crippen LogP contribution in [0.4, 0.5) is 0 Å². The van der Waals surface area contributed by atoms with Gasteiger partial charge in [-0.15, -0.1) is 0 Å². The van der Waals surface area contributed by atoms with Gasteiger partial charge in [-0.3, -0.25) is 4.79 Å². The van der Waals surface area contributed by atoms with Crippen LogP contribution in [0.25, 0.3) is 0 Å². The van der Waals surface area contributed by atoms with Crippen molar-refractivity contribution in [1.29, 1.82) is 0 Å². The van der Waals surface area contributed by atoms with Gasteiger partial charge < -0.3 is 14.8 Å². The second kappa shape index (κ2) is 3.74. The lowest BCUT2D eigenvalue weighted by atomic mass is 10.1. The maximum atomic E-state index is 11.3. The van der Waals surface area contributed by atoms with E-state index in [1.54, 1.807) is 0 Å². The second-order valence-electron chi connectivity index (χ2n) is 3.23. The summed E-state index contributed by atoms with van der Waals surface area (Å²) in [7, 11) is 1.34. The molecule has 1 N–H and O–H groups in total. The minimum Gasteiger partial charge on any atom is -0.449 e. The minimum atomic E-state index is -0.956. The summed E-state index contributed by atoms with van der Waals surface area (Å²) in [6.07, 6.45) is -1.65. The summed E-state index contributed by atoms with van der Waals surface area (Å²) in [4.78, 5) is 22.4. The van der Waals surface area contributed by atoms with Crippen LogP contribution in [0.2, 0.25) is 0 Å². The smallest absolute Gasteiger partial charge is 0.357 e. The second-order valence-corrected chi connectivity index (χ2v) is 3.23. The van der Waals surface area contributed by atoms with Gasteiger partial charge in [0.1, 0.15) is 0 Å². The molecular formula is C8H13NO4. The number of nitrogens with one attached hydrogen (secondary N) is 1. The van der Waals surface area contributed by atoms with Crippen molar-refractivity contribution in [2.45, 2.75) is 26.2 Å². The van der Waals surface area contributed by atoms with Gasteiger partial charge in [-0.05, 0) is 5.92 Å². The predicted octanol–water partition coefficient (Wildman–Crippen LogP) is -0.344. The van der Waals surface area contributed by atoms with Crippen molar-refractivity contribution >= 4 is 11.9 Å². The molecule has 5 nitrogen and oxygen atoms in total. The number of carbonyl (C=O) groups is 2. The molecule has 1 aliphatic heterocycles. The highest BCUT2D eigenvalue weighted by molar-refractivity contribution is 5.91. The number of cyclic esters (lactones) is 1. The molecule has 0 saturated carbocycles. The molecule has 74 valence electrons. The van der Waals surface area contributed by atoms with Crippen molar-refractivity contribution in [1.82, 2.24) is 5.32 Å². The zero-order valence-electron chi connectivity index (χ0n) is 7.87. The maximum Gasteiger partial charge on any atom is 0.357 e. The van der Waals surface area contributed by atoms with Crippen molar-refractivity contribution in [2.75, 3.05) is 7.11 Å². The van der Waals surface area contributed by atoms with E-state index in [9.17, 15) is 9.59 Å². The molecule has 0 aromatic carbocycles. The highest BCUT2D eigenvalue weighted by atomic mass is 16.6. The van der Waals surface area contributed by atoms with Gasteiger partial charge in [-0.1, -0.05) is 13.8 Å². The number of ether oxygens (including phenoxy) is 2. The molecular weight excluding hydrogens is 174 g/mol. The van der Waals surface area contributed by atoms with Gasteiger partial charge in [-0.25, -0.2) is 4.79 Å². The predicted molar refractivity (Wildman–Crippen MR) is 43.7 cm³/mol. The van der Waals surface area contributed by atoms with Crippen molar-refractivity contribution in [3.05, 3.63) is 0 Å². The lowest BCUT2D eigenvalue weighted by molar-refractivity contribution is -0.180. The molecule has 1 rings (SSSR count).